The maximum absolute atomic E-state index is 11.1. The van der Waals surface area contributed by atoms with Gasteiger partial charge in [-0.05, 0) is 0 Å². The molecule has 0 aromatic rings. The predicted octanol–water partition coefficient (Wildman–Crippen LogP) is 1.33. The van der Waals surface area contributed by atoms with Crippen LogP contribution >= 0.6 is 0 Å². The van der Waals surface area contributed by atoms with Crippen molar-refractivity contribution in [2.45, 2.75) is 13.1 Å². The Labute approximate surface area is 71.6 Å². The summed E-state index contributed by atoms with van der Waals surface area (Å²) in [5.41, 5.74) is 0. The first-order chi connectivity index (χ1) is 5.71. The Morgan fingerprint density at radius 1 is 1.46 bits per heavy atom. The monoisotopic (exact) mass is 200 g/mol. The van der Waals surface area contributed by atoms with Crippen molar-refractivity contribution in [3.05, 3.63) is 12.8 Å². The molecule has 0 aliphatic rings. The second kappa shape index (κ2) is 6.04. The minimum atomic E-state index is -4.92. The van der Waals surface area contributed by atoms with Crippen LogP contribution in [0.15, 0.2) is 12.8 Å². The van der Waals surface area contributed by atoms with Crippen molar-refractivity contribution in [3.8, 4) is 0 Å². The van der Waals surface area contributed by atoms with Gasteiger partial charge in [0.05, 0.1) is 6.26 Å². The van der Waals surface area contributed by atoms with E-state index in [0.717, 1.165) is 6.92 Å². The van der Waals surface area contributed by atoms with Crippen LogP contribution in [0, 0.1) is 0 Å². The highest BCUT2D eigenvalue weighted by Gasteiger charge is 2.40. The molecule has 0 unspecified atom stereocenters. The second-order valence-corrected chi connectivity index (χ2v) is 1.59. The van der Waals surface area contributed by atoms with Gasteiger partial charge in [-0.15, -0.1) is 0 Å². The van der Waals surface area contributed by atoms with Crippen LogP contribution in [0.25, 0.3) is 0 Å². The van der Waals surface area contributed by atoms with E-state index in [1.807, 2.05) is 0 Å². The number of carboxylic acid groups (broad SMARTS) is 1. The van der Waals surface area contributed by atoms with Crippen molar-refractivity contribution in [1.82, 2.24) is 0 Å². The first-order valence-corrected chi connectivity index (χ1v) is 2.80. The van der Waals surface area contributed by atoms with Gasteiger partial charge >= 0.3 is 12.1 Å². The zero-order valence-corrected chi connectivity index (χ0v) is 6.59. The van der Waals surface area contributed by atoms with Gasteiger partial charge in [0.25, 0.3) is 5.97 Å². The maximum Gasteiger partial charge on any atom is 0.491 e. The van der Waals surface area contributed by atoms with Crippen LogP contribution in [0.1, 0.15) is 6.92 Å². The smallest absolute Gasteiger partial charge is 0.481 e. The molecule has 0 saturated carbocycles. The zero-order valence-electron chi connectivity index (χ0n) is 6.59. The molecule has 0 atom stereocenters. The van der Waals surface area contributed by atoms with Gasteiger partial charge in [0, 0.05) is 6.92 Å². The molecule has 13 heavy (non-hydrogen) atoms. The molecule has 0 aliphatic carbocycles. The molecule has 0 rings (SSSR count). The Kier molecular flexibility index (Phi) is 6.51. The van der Waals surface area contributed by atoms with Crippen molar-refractivity contribution in [2.24, 2.45) is 0 Å². The number of alkyl halides is 3. The number of hydrogen-bond acceptors (Lipinski definition) is 3. The fourth-order valence-corrected chi connectivity index (χ4v) is 0.143. The number of ether oxygens (including phenoxy) is 1. The lowest BCUT2D eigenvalue weighted by Crippen LogP contribution is -2.23. The van der Waals surface area contributed by atoms with E-state index in [9.17, 15) is 18.0 Å². The molecule has 0 bridgehead atoms. The van der Waals surface area contributed by atoms with Crippen LogP contribution in [0.2, 0.25) is 0 Å². The molecule has 0 radical (unpaired) electrons. The van der Waals surface area contributed by atoms with Crippen LogP contribution in [-0.2, 0) is 14.3 Å². The largest absolute Gasteiger partial charge is 0.491 e. The topological polar surface area (TPSA) is 63.6 Å². The SMILES string of the molecule is C=COC(=O)C(F)(F)F.CC(=O)O. The average molecular weight is 200 g/mol. The highest BCUT2D eigenvalue weighted by atomic mass is 19.4. The first-order valence-electron chi connectivity index (χ1n) is 2.80. The fourth-order valence-electron chi connectivity index (χ4n) is 0.143. The lowest BCUT2D eigenvalue weighted by atomic mass is 10.7. The van der Waals surface area contributed by atoms with E-state index in [-0.39, 0.29) is 0 Å². The van der Waals surface area contributed by atoms with Gasteiger partial charge in [0.2, 0.25) is 0 Å². The number of carboxylic acids is 1. The van der Waals surface area contributed by atoms with Crippen molar-refractivity contribution in [2.75, 3.05) is 0 Å². The lowest BCUT2D eigenvalue weighted by Gasteiger charge is -2.00. The summed E-state index contributed by atoms with van der Waals surface area (Å²) in [7, 11) is 0. The number of aliphatic carboxylic acids is 1. The van der Waals surface area contributed by atoms with E-state index in [2.05, 4.69) is 11.3 Å². The standard InChI is InChI=1S/C4H3F3O2.C2H4O2/c1-2-9-3(8)4(5,6)7;1-2(3)4/h2H,1H2;1H3,(H,3,4). The van der Waals surface area contributed by atoms with Crippen LogP contribution in [0.3, 0.4) is 0 Å². The van der Waals surface area contributed by atoms with Gasteiger partial charge in [-0.3, -0.25) is 4.79 Å². The summed E-state index contributed by atoms with van der Waals surface area (Å²) in [6.07, 6.45) is -4.50. The maximum atomic E-state index is 11.1. The van der Waals surface area contributed by atoms with E-state index >= 15 is 0 Å². The number of esters is 1. The molecule has 4 nitrogen and oxygen atoms in total. The van der Waals surface area contributed by atoms with Gasteiger partial charge in [-0.1, -0.05) is 6.58 Å². The van der Waals surface area contributed by atoms with Gasteiger partial charge in [-0.2, -0.15) is 13.2 Å². The molecule has 0 heterocycles. The lowest BCUT2D eigenvalue weighted by molar-refractivity contribution is -0.193. The third kappa shape index (κ3) is 13.5. The molecule has 0 aliphatic heterocycles. The molecule has 0 aromatic carbocycles. The summed E-state index contributed by atoms with van der Waals surface area (Å²) < 4.78 is 36.7. The average Bonchev–Trinajstić information content (AvgIpc) is 1.84. The summed E-state index contributed by atoms with van der Waals surface area (Å²) in [5.74, 6) is -3.09. The number of hydrogen-bond donors (Lipinski definition) is 1. The Balaban J connectivity index is 0. The summed E-state index contributed by atoms with van der Waals surface area (Å²) in [6.45, 7) is 3.85. The van der Waals surface area contributed by atoms with E-state index in [4.69, 9.17) is 9.90 Å². The molecule has 7 heteroatoms. The molecule has 0 aromatic heterocycles. The van der Waals surface area contributed by atoms with Gasteiger partial charge in [0.15, 0.2) is 0 Å². The minimum absolute atomic E-state index is 0.426. The quantitative estimate of drug-likeness (QED) is 0.512. The van der Waals surface area contributed by atoms with Crippen molar-refractivity contribution in [3.63, 3.8) is 0 Å². The number of carbonyl (C=O) groups excluding carboxylic acids is 1. The zero-order chi connectivity index (χ0) is 11.1. The summed E-state index contributed by atoms with van der Waals surface area (Å²) in [6, 6.07) is 0. The summed E-state index contributed by atoms with van der Waals surface area (Å²) in [4.78, 5) is 18.6. The van der Waals surface area contributed by atoms with E-state index < -0.39 is 18.1 Å². The van der Waals surface area contributed by atoms with E-state index in [1.165, 1.54) is 0 Å². The Morgan fingerprint density at radius 3 is 1.85 bits per heavy atom. The number of rotatable bonds is 1. The Morgan fingerprint density at radius 2 is 1.77 bits per heavy atom. The second-order valence-electron chi connectivity index (χ2n) is 1.59. The van der Waals surface area contributed by atoms with Crippen molar-refractivity contribution in [1.29, 1.82) is 0 Å². The molecule has 0 amide bonds. The molecule has 0 saturated heterocycles. The highest BCUT2D eigenvalue weighted by molar-refractivity contribution is 5.76. The Hall–Kier alpha value is -1.53. The molecule has 76 valence electrons. The fraction of sp³-hybridized carbons (Fsp3) is 0.333. The summed E-state index contributed by atoms with van der Waals surface area (Å²) in [5, 5.41) is 7.42. The van der Waals surface area contributed by atoms with Gasteiger partial charge in [0.1, 0.15) is 0 Å². The van der Waals surface area contributed by atoms with Crippen molar-refractivity contribution < 1.29 is 32.6 Å². The van der Waals surface area contributed by atoms with Gasteiger partial charge < -0.3 is 9.84 Å². The molecular weight excluding hydrogens is 193 g/mol. The molecule has 0 spiro atoms. The first kappa shape index (κ1) is 14.0. The number of halogens is 3. The van der Waals surface area contributed by atoms with Crippen LogP contribution in [0.4, 0.5) is 13.2 Å². The number of carbonyl (C=O) groups is 2. The Bertz CT molecular complexity index is 193. The highest BCUT2D eigenvalue weighted by Crippen LogP contribution is 2.15. The summed E-state index contributed by atoms with van der Waals surface area (Å²) >= 11 is 0. The van der Waals surface area contributed by atoms with Crippen LogP contribution in [0.5, 0.6) is 0 Å². The third-order valence-corrected chi connectivity index (χ3v) is 0.422. The normalized spacial score (nSPS) is 9.23. The molecular formula is C6H7F3O4. The molecule has 1 N–H and O–H groups in total. The minimum Gasteiger partial charge on any atom is -0.481 e. The third-order valence-electron chi connectivity index (χ3n) is 0.422. The van der Waals surface area contributed by atoms with Crippen LogP contribution in [-0.4, -0.2) is 23.2 Å². The van der Waals surface area contributed by atoms with Gasteiger partial charge in [-0.25, -0.2) is 4.79 Å². The van der Waals surface area contributed by atoms with E-state index in [0.29, 0.717) is 6.26 Å². The van der Waals surface area contributed by atoms with E-state index in [1.54, 1.807) is 0 Å². The van der Waals surface area contributed by atoms with Crippen LogP contribution < -0.4 is 0 Å². The van der Waals surface area contributed by atoms with Crippen molar-refractivity contribution >= 4 is 11.9 Å². The molecule has 0 fully saturated rings. The predicted molar refractivity (Wildman–Crippen MR) is 35.7 cm³/mol.